The molecule has 0 aliphatic heterocycles. The smallest absolute Gasteiger partial charge is 0.315 e. The molecule has 2 rings (SSSR count). The quantitative estimate of drug-likeness (QED) is 0.839. The molecule has 0 aliphatic carbocycles. The highest BCUT2D eigenvalue weighted by molar-refractivity contribution is 6.43. The summed E-state index contributed by atoms with van der Waals surface area (Å²) >= 11 is 0. The molecule has 7 heteroatoms. The lowest BCUT2D eigenvalue weighted by Gasteiger charge is -2.10. The lowest BCUT2D eigenvalue weighted by atomic mass is 10.3. The van der Waals surface area contributed by atoms with E-state index in [-0.39, 0.29) is 5.82 Å². The fraction of sp³-hybridized carbons (Fsp3) is 0.214. The number of hydrogen-bond acceptors (Lipinski definition) is 5. The number of ether oxygens (including phenoxy) is 1. The Morgan fingerprint density at radius 1 is 1.24 bits per heavy atom. The predicted octanol–water partition coefficient (Wildman–Crippen LogP) is 1.96. The van der Waals surface area contributed by atoms with Crippen LogP contribution in [0.25, 0.3) is 0 Å². The van der Waals surface area contributed by atoms with Crippen molar-refractivity contribution in [3.05, 3.63) is 36.1 Å². The predicted molar refractivity (Wildman–Crippen MR) is 76.1 cm³/mol. The number of rotatable bonds is 4. The number of anilines is 2. The molecule has 0 saturated carbocycles. The zero-order valence-electron chi connectivity index (χ0n) is 11.7. The molecule has 1 aromatic carbocycles. The Labute approximate surface area is 121 Å². The lowest BCUT2D eigenvalue weighted by molar-refractivity contribution is -0.133. The zero-order valence-corrected chi connectivity index (χ0v) is 11.7. The van der Waals surface area contributed by atoms with E-state index in [1.54, 1.807) is 31.2 Å². The minimum Gasteiger partial charge on any atom is -0.492 e. The van der Waals surface area contributed by atoms with Crippen LogP contribution in [0.4, 0.5) is 11.5 Å². The van der Waals surface area contributed by atoms with Crippen molar-refractivity contribution in [1.82, 2.24) is 5.16 Å². The first kappa shape index (κ1) is 14.6. The Bertz CT molecular complexity index is 651. The van der Waals surface area contributed by atoms with E-state index in [1.165, 1.54) is 6.07 Å². The molecule has 21 heavy (non-hydrogen) atoms. The van der Waals surface area contributed by atoms with Crippen molar-refractivity contribution in [2.75, 3.05) is 17.2 Å². The molecule has 0 radical (unpaired) electrons. The number of carbonyl (C=O) groups is 2. The summed E-state index contributed by atoms with van der Waals surface area (Å²) in [5.41, 5.74) is 0.427. The fourth-order valence-corrected chi connectivity index (χ4v) is 1.63. The third-order valence-electron chi connectivity index (χ3n) is 2.51. The molecular formula is C14H15N3O4. The van der Waals surface area contributed by atoms with Crippen LogP contribution < -0.4 is 15.4 Å². The average molecular weight is 289 g/mol. The van der Waals surface area contributed by atoms with Gasteiger partial charge in [0.2, 0.25) is 0 Å². The van der Waals surface area contributed by atoms with Gasteiger partial charge in [-0.25, -0.2) is 0 Å². The van der Waals surface area contributed by atoms with Gasteiger partial charge < -0.3 is 14.6 Å². The van der Waals surface area contributed by atoms with Crippen molar-refractivity contribution in [3.63, 3.8) is 0 Å². The summed E-state index contributed by atoms with van der Waals surface area (Å²) < 4.78 is 10.2. The van der Waals surface area contributed by atoms with Crippen molar-refractivity contribution in [3.8, 4) is 5.75 Å². The van der Waals surface area contributed by atoms with Gasteiger partial charge in [0.1, 0.15) is 11.5 Å². The topological polar surface area (TPSA) is 93.5 Å². The second kappa shape index (κ2) is 6.56. The Hall–Kier alpha value is -2.83. The monoisotopic (exact) mass is 289 g/mol. The van der Waals surface area contributed by atoms with E-state index in [4.69, 9.17) is 9.26 Å². The van der Waals surface area contributed by atoms with Crippen LogP contribution in [-0.2, 0) is 9.59 Å². The molecule has 0 bridgehead atoms. The number of carbonyl (C=O) groups excluding carboxylic acids is 2. The standard InChI is InChI=1S/C14H15N3O4/c1-3-20-11-7-5-4-6-10(11)15-13(18)14(19)16-12-8-9(2)21-17-12/h4-8H,3H2,1-2H3,(H,15,18)(H,16,17,19). The van der Waals surface area contributed by atoms with E-state index in [0.717, 1.165) is 0 Å². The summed E-state index contributed by atoms with van der Waals surface area (Å²) in [6, 6.07) is 8.38. The number of para-hydroxylation sites is 2. The van der Waals surface area contributed by atoms with Gasteiger partial charge in [-0.3, -0.25) is 14.9 Å². The van der Waals surface area contributed by atoms with Crippen LogP contribution in [0.2, 0.25) is 0 Å². The summed E-state index contributed by atoms with van der Waals surface area (Å²) in [7, 11) is 0. The second-order valence-corrected chi connectivity index (χ2v) is 4.16. The molecule has 110 valence electrons. The second-order valence-electron chi connectivity index (χ2n) is 4.16. The van der Waals surface area contributed by atoms with Crippen molar-refractivity contribution in [1.29, 1.82) is 0 Å². The molecule has 0 aliphatic rings. The molecule has 0 spiro atoms. The summed E-state index contributed by atoms with van der Waals surface area (Å²) in [5.74, 6) is -0.436. The van der Waals surface area contributed by atoms with Gasteiger partial charge in [-0.1, -0.05) is 17.3 Å². The maximum atomic E-state index is 11.8. The molecule has 0 atom stereocenters. The van der Waals surface area contributed by atoms with Crippen LogP contribution in [0.5, 0.6) is 5.75 Å². The van der Waals surface area contributed by atoms with Crippen LogP contribution >= 0.6 is 0 Å². The highest BCUT2D eigenvalue weighted by Crippen LogP contribution is 2.23. The molecule has 7 nitrogen and oxygen atoms in total. The molecule has 1 heterocycles. The molecule has 1 aromatic heterocycles. The summed E-state index contributed by atoms with van der Waals surface area (Å²) in [6.45, 7) is 3.97. The first-order valence-corrected chi connectivity index (χ1v) is 6.37. The number of hydrogen-bond donors (Lipinski definition) is 2. The van der Waals surface area contributed by atoms with Gasteiger partial charge in [-0.2, -0.15) is 0 Å². The number of amides is 2. The van der Waals surface area contributed by atoms with Gasteiger partial charge in [-0.05, 0) is 26.0 Å². The third kappa shape index (κ3) is 3.82. The first-order chi connectivity index (χ1) is 10.1. The van der Waals surface area contributed by atoms with E-state index < -0.39 is 11.8 Å². The average Bonchev–Trinajstić information content (AvgIpc) is 2.86. The number of nitrogens with zero attached hydrogens (tertiary/aromatic N) is 1. The van der Waals surface area contributed by atoms with Crippen LogP contribution in [0.1, 0.15) is 12.7 Å². The Balaban J connectivity index is 2.02. The van der Waals surface area contributed by atoms with Crippen LogP contribution in [0.3, 0.4) is 0 Å². The van der Waals surface area contributed by atoms with Crippen molar-refractivity contribution < 1.29 is 18.8 Å². The lowest BCUT2D eigenvalue weighted by Crippen LogP contribution is -2.29. The summed E-state index contributed by atoms with van der Waals surface area (Å²) in [5, 5.41) is 8.41. The van der Waals surface area contributed by atoms with E-state index in [1.807, 2.05) is 6.92 Å². The molecule has 0 unspecified atom stereocenters. The number of aromatic nitrogens is 1. The number of aryl methyl sites for hydroxylation is 1. The van der Waals surface area contributed by atoms with Crippen molar-refractivity contribution in [2.45, 2.75) is 13.8 Å². The normalized spacial score (nSPS) is 10.0. The van der Waals surface area contributed by atoms with E-state index in [9.17, 15) is 9.59 Å². The van der Waals surface area contributed by atoms with Gasteiger partial charge in [0, 0.05) is 6.07 Å². The SMILES string of the molecule is CCOc1ccccc1NC(=O)C(=O)Nc1cc(C)on1. The third-order valence-corrected chi connectivity index (χ3v) is 2.51. The Morgan fingerprint density at radius 2 is 1.95 bits per heavy atom. The minimum absolute atomic E-state index is 0.186. The number of benzene rings is 1. The Morgan fingerprint density at radius 3 is 2.62 bits per heavy atom. The minimum atomic E-state index is -0.838. The van der Waals surface area contributed by atoms with Crippen molar-refractivity contribution >= 4 is 23.3 Å². The summed E-state index contributed by atoms with van der Waals surface area (Å²) in [4.78, 5) is 23.6. The molecule has 2 amide bonds. The molecule has 0 saturated heterocycles. The number of nitrogens with one attached hydrogen (secondary N) is 2. The van der Waals surface area contributed by atoms with Gasteiger partial charge in [0.25, 0.3) is 0 Å². The van der Waals surface area contributed by atoms with E-state index in [2.05, 4.69) is 15.8 Å². The molecule has 0 fully saturated rings. The van der Waals surface area contributed by atoms with Gasteiger partial charge in [0.05, 0.1) is 12.3 Å². The van der Waals surface area contributed by atoms with Crippen LogP contribution in [0, 0.1) is 6.92 Å². The van der Waals surface area contributed by atoms with Crippen LogP contribution in [0.15, 0.2) is 34.9 Å². The zero-order chi connectivity index (χ0) is 15.2. The molecule has 2 aromatic rings. The highest BCUT2D eigenvalue weighted by atomic mass is 16.5. The Kier molecular flexibility index (Phi) is 4.55. The summed E-state index contributed by atoms with van der Waals surface area (Å²) in [6.07, 6.45) is 0. The van der Waals surface area contributed by atoms with Gasteiger partial charge in [0.15, 0.2) is 5.82 Å². The van der Waals surface area contributed by atoms with Crippen LogP contribution in [-0.4, -0.2) is 23.6 Å². The largest absolute Gasteiger partial charge is 0.492 e. The van der Waals surface area contributed by atoms with Gasteiger partial charge in [-0.15, -0.1) is 0 Å². The maximum Gasteiger partial charge on any atom is 0.315 e. The highest BCUT2D eigenvalue weighted by Gasteiger charge is 2.17. The maximum absolute atomic E-state index is 11.8. The molecule has 2 N–H and O–H groups in total. The van der Waals surface area contributed by atoms with Crippen molar-refractivity contribution in [2.24, 2.45) is 0 Å². The molecular weight excluding hydrogens is 274 g/mol. The van der Waals surface area contributed by atoms with E-state index >= 15 is 0 Å². The van der Waals surface area contributed by atoms with E-state index in [0.29, 0.717) is 23.8 Å². The van der Waals surface area contributed by atoms with Gasteiger partial charge >= 0.3 is 11.8 Å². The fourth-order valence-electron chi connectivity index (χ4n) is 1.63. The first-order valence-electron chi connectivity index (χ1n) is 6.37.